The highest BCUT2D eigenvalue weighted by Crippen LogP contribution is 2.33. The zero-order chi connectivity index (χ0) is 13.9. The van der Waals surface area contributed by atoms with Crippen molar-refractivity contribution in [2.75, 3.05) is 5.32 Å². The largest absolute Gasteiger partial charge is 0.416 e. The van der Waals surface area contributed by atoms with E-state index in [0.29, 0.717) is 6.07 Å². The number of urea groups is 1. The van der Waals surface area contributed by atoms with Crippen molar-refractivity contribution in [3.63, 3.8) is 0 Å². The van der Waals surface area contributed by atoms with E-state index in [1.54, 1.807) is 0 Å². The van der Waals surface area contributed by atoms with Crippen LogP contribution in [0.1, 0.15) is 5.56 Å². The predicted molar refractivity (Wildman–Crippen MR) is 61.3 cm³/mol. The average Bonchev–Trinajstić information content (AvgIpc) is 2.18. The van der Waals surface area contributed by atoms with Crippen LogP contribution in [0.4, 0.5) is 23.7 Å². The summed E-state index contributed by atoms with van der Waals surface area (Å²) in [6, 6.07) is 1.47. The summed E-state index contributed by atoms with van der Waals surface area (Å²) in [5.41, 5.74) is 8.69. The second kappa shape index (κ2) is 5.13. The van der Waals surface area contributed by atoms with Crippen molar-refractivity contribution in [3.8, 4) is 0 Å². The lowest BCUT2D eigenvalue weighted by molar-refractivity contribution is -0.137. The number of benzene rings is 1. The van der Waals surface area contributed by atoms with Gasteiger partial charge in [0.1, 0.15) is 0 Å². The van der Waals surface area contributed by atoms with Crippen molar-refractivity contribution >= 4 is 29.3 Å². The molecule has 0 saturated carbocycles. The summed E-state index contributed by atoms with van der Waals surface area (Å²) >= 11 is 5.63. The first-order valence-electron chi connectivity index (χ1n) is 4.47. The van der Waals surface area contributed by atoms with E-state index in [2.05, 4.69) is 4.99 Å². The van der Waals surface area contributed by atoms with Gasteiger partial charge in [0.2, 0.25) is 0 Å². The lowest BCUT2D eigenvalue weighted by atomic mass is 10.2. The fourth-order valence-corrected chi connectivity index (χ4v) is 1.22. The van der Waals surface area contributed by atoms with Crippen LogP contribution in [0.3, 0.4) is 0 Å². The molecular weight excluding hydrogens is 273 g/mol. The van der Waals surface area contributed by atoms with Crippen LogP contribution in [0, 0.1) is 0 Å². The number of amides is 2. The number of alkyl halides is 3. The Bertz CT molecular complexity index is 497. The molecule has 5 nitrogen and oxygen atoms in total. The summed E-state index contributed by atoms with van der Waals surface area (Å²) in [6.45, 7) is 0. The molecule has 1 rings (SSSR count). The number of carbonyl (C=O) groups is 1. The molecule has 1 aromatic carbocycles. The lowest BCUT2D eigenvalue weighted by Gasteiger charge is -2.10. The van der Waals surface area contributed by atoms with Crippen LogP contribution in [-0.4, -0.2) is 12.0 Å². The molecule has 0 radical (unpaired) electrons. The minimum Gasteiger partial charge on any atom is -0.370 e. The Morgan fingerprint density at radius 2 is 1.94 bits per heavy atom. The van der Waals surface area contributed by atoms with E-state index in [0.717, 1.165) is 12.1 Å². The standard InChI is InChI=1S/C9H8ClF3N4O/c10-5-2-1-4(9(11,12)13)3-6(5)16-8(18)17-7(14)15/h1-3H,(H5,14,15,16,17,18). The Balaban J connectivity index is 3.02. The molecule has 1 aromatic rings. The number of rotatable bonds is 1. The maximum absolute atomic E-state index is 12.4. The van der Waals surface area contributed by atoms with Crippen LogP contribution >= 0.6 is 11.6 Å². The van der Waals surface area contributed by atoms with Gasteiger partial charge in [0, 0.05) is 0 Å². The minimum absolute atomic E-state index is 0.0675. The van der Waals surface area contributed by atoms with Crippen LogP contribution in [0.5, 0.6) is 0 Å². The van der Waals surface area contributed by atoms with Gasteiger partial charge in [-0.15, -0.1) is 0 Å². The van der Waals surface area contributed by atoms with Gasteiger partial charge in [0.05, 0.1) is 16.3 Å². The highest BCUT2D eigenvalue weighted by Gasteiger charge is 2.31. The zero-order valence-electron chi connectivity index (χ0n) is 8.75. The minimum atomic E-state index is -4.54. The van der Waals surface area contributed by atoms with Crippen molar-refractivity contribution in [2.24, 2.45) is 16.5 Å². The Kier molecular flexibility index (Phi) is 4.02. The van der Waals surface area contributed by atoms with Crippen LogP contribution in [0.2, 0.25) is 5.02 Å². The van der Waals surface area contributed by atoms with Gasteiger partial charge in [-0.05, 0) is 18.2 Å². The highest BCUT2D eigenvalue weighted by molar-refractivity contribution is 6.33. The summed E-state index contributed by atoms with van der Waals surface area (Å²) in [7, 11) is 0. The molecule has 0 unspecified atom stereocenters. The summed E-state index contributed by atoms with van der Waals surface area (Å²) in [6.07, 6.45) is -4.54. The molecule has 0 heterocycles. The molecule has 0 fully saturated rings. The second-order valence-corrected chi connectivity index (χ2v) is 3.57. The van der Waals surface area contributed by atoms with Gasteiger partial charge in [-0.25, -0.2) is 4.79 Å². The third kappa shape index (κ3) is 3.81. The Morgan fingerprint density at radius 3 is 2.44 bits per heavy atom. The number of hydrogen-bond acceptors (Lipinski definition) is 1. The number of aliphatic imine (C=N–C) groups is 1. The Hall–Kier alpha value is -1.96. The van der Waals surface area contributed by atoms with Gasteiger partial charge in [-0.1, -0.05) is 11.6 Å². The van der Waals surface area contributed by atoms with E-state index in [9.17, 15) is 18.0 Å². The molecule has 0 aliphatic heterocycles. The average molecular weight is 281 g/mol. The first kappa shape index (κ1) is 14.1. The smallest absolute Gasteiger partial charge is 0.370 e. The molecular formula is C9H8ClF3N4O. The first-order chi connectivity index (χ1) is 8.20. The van der Waals surface area contributed by atoms with Gasteiger partial charge in [0.25, 0.3) is 0 Å². The Labute approximate surface area is 105 Å². The number of carbonyl (C=O) groups excluding carboxylic acids is 1. The van der Waals surface area contributed by atoms with E-state index in [1.807, 2.05) is 5.32 Å². The number of nitrogens with zero attached hydrogens (tertiary/aromatic N) is 1. The highest BCUT2D eigenvalue weighted by atomic mass is 35.5. The van der Waals surface area contributed by atoms with Gasteiger partial charge < -0.3 is 16.8 Å². The summed E-state index contributed by atoms with van der Waals surface area (Å²) < 4.78 is 37.3. The van der Waals surface area contributed by atoms with Crippen molar-refractivity contribution in [3.05, 3.63) is 28.8 Å². The molecule has 0 bridgehead atoms. The molecule has 0 aromatic heterocycles. The molecule has 5 N–H and O–H groups in total. The SMILES string of the molecule is NC(N)=NC(=O)Nc1cc(C(F)(F)F)ccc1Cl. The molecule has 0 saturated heterocycles. The van der Waals surface area contributed by atoms with Crippen molar-refractivity contribution in [1.29, 1.82) is 0 Å². The number of hydrogen-bond donors (Lipinski definition) is 3. The number of nitrogens with one attached hydrogen (secondary N) is 1. The molecule has 0 atom stereocenters. The number of halogens is 4. The van der Waals surface area contributed by atoms with Crippen LogP contribution < -0.4 is 16.8 Å². The molecule has 18 heavy (non-hydrogen) atoms. The van der Waals surface area contributed by atoms with Gasteiger partial charge >= 0.3 is 12.2 Å². The number of guanidine groups is 1. The van der Waals surface area contributed by atoms with Gasteiger partial charge in [-0.3, -0.25) is 0 Å². The fraction of sp³-hybridized carbons (Fsp3) is 0.111. The monoisotopic (exact) mass is 280 g/mol. The number of anilines is 1. The van der Waals surface area contributed by atoms with Crippen LogP contribution in [0.25, 0.3) is 0 Å². The maximum atomic E-state index is 12.4. The van der Waals surface area contributed by atoms with Crippen molar-refractivity contribution in [1.82, 2.24) is 0 Å². The molecule has 98 valence electrons. The van der Waals surface area contributed by atoms with E-state index in [4.69, 9.17) is 23.1 Å². The molecule has 0 aliphatic carbocycles. The predicted octanol–water partition coefficient (Wildman–Crippen LogP) is 2.16. The quantitative estimate of drug-likeness (QED) is 0.543. The van der Waals surface area contributed by atoms with Crippen molar-refractivity contribution < 1.29 is 18.0 Å². The van der Waals surface area contributed by atoms with E-state index in [1.165, 1.54) is 0 Å². The molecule has 9 heteroatoms. The third-order valence-corrected chi connectivity index (χ3v) is 2.10. The second-order valence-electron chi connectivity index (χ2n) is 3.16. The fourth-order valence-electron chi connectivity index (χ4n) is 1.06. The summed E-state index contributed by atoms with van der Waals surface area (Å²) in [5.74, 6) is -0.518. The maximum Gasteiger partial charge on any atom is 0.416 e. The Morgan fingerprint density at radius 1 is 1.33 bits per heavy atom. The molecule has 0 spiro atoms. The molecule has 0 aliphatic rings. The first-order valence-corrected chi connectivity index (χ1v) is 4.85. The number of nitrogens with two attached hydrogens (primary N) is 2. The third-order valence-electron chi connectivity index (χ3n) is 1.77. The zero-order valence-corrected chi connectivity index (χ0v) is 9.51. The van der Waals surface area contributed by atoms with E-state index in [-0.39, 0.29) is 10.7 Å². The normalized spacial score (nSPS) is 10.9. The summed E-state index contributed by atoms with van der Waals surface area (Å²) in [4.78, 5) is 14.2. The van der Waals surface area contributed by atoms with Crippen LogP contribution in [0.15, 0.2) is 23.2 Å². The molecule has 2 amide bonds. The van der Waals surface area contributed by atoms with Gasteiger partial charge in [-0.2, -0.15) is 18.2 Å². The van der Waals surface area contributed by atoms with E-state index < -0.39 is 23.7 Å². The van der Waals surface area contributed by atoms with Crippen molar-refractivity contribution in [2.45, 2.75) is 6.18 Å². The topological polar surface area (TPSA) is 93.5 Å². The summed E-state index contributed by atoms with van der Waals surface area (Å²) in [5, 5.41) is 1.97. The van der Waals surface area contributed by atoms with E-state index >= 15 is 0 Å². The van der Waals surface area contributed by atoms with Crippen LogP contribution in [-0.2, 0) is 6.18 Å². The van der Waals surface area contributed by atoms with Gasteiger partial charge in [0.15, 0.2) is 5.96 Å². The lowest BCUT2D eigenvalue weighted by Crippen LogP contribution is -2.25.